The molecule has 1 aromatic rings. The monoisotopic (exact) mass is 252 g/mol. The summed E-state index contributed by atoms with van der Waals surface area (Å²) < 4.78 is 13.4. The molecule has 0 saturated carbocycles. The molecule has 0 spiro atoms. The first-order valence-corrected chi connectivity index (χ1v) is 6.79. The van der Waals surface area contributed by atoms with Gasteiger partial charge in [0.15, 0.2) is 5.17 Å². The Morgan fingerprint density at radius 2 is 2.18 bits per heavy atom. The first kappa shape index (κ1) is 12.4. The van der Waals surface area contributed by atoms with Crippen LogP contribution in [0.15, 0.2) is 23.2 Å². The lowest BCUT2D eigenvalue weighted by Crippen LogP contribution is -2.25. The van der Waals surface area contributed by atoms with Gasteiger partial charge in [0, 0.05) is 17.0 Å². The maximum Gasteiger partial charge on any atom is 0.161 e. The van der Waals surface area contributed by atoms with Crippen LogP contribution in [0, 0.1) is 18.7 Å². The topological polar surface area (TPSA) is 24.4 Å². The highest BCUT2D eigenvalue weighted by Crippen LogP contribution is 2.25. The summed E-state index contributed by atoms with van der Waals surface area (Å²) >= 11 is 1.70. The Bertz CT molecular complexity index is 445. The molecule has 1 aromatic carbocycles. The van der Waals surface area contributed by atoms with Gasteiger partial charge in [0.1, 0.15) is 5.82 Å². The van der Waals surface area contributed by atoms with E-state index in [0.29, 0.717) is 17.5 Å². The van der Waals surface area contributed by atoms with Gasteiger partial charge in [-0.3, -0.25) is 4.99 Å². The average molecular weight is 252 g/mol. The Labute approximate surface area is 106 Å². The number of rotatable bonds is 1. The number of hydrogen-bond acceptors (Lipinski definition) is 3. The van der Waals surface area contributed by atoms with Crippen molar-refractivity contribution in [1.29, 1.82) is 0 Å². The molecule has 0 amide bonds. The maximum absolute atomic E-state index is 13.4. The van der Waals surface area contributed by atoms with Crippen molar-refractivity contribution < 1.29 is 4.39 Å². The summed E-state index contributed by atoms with van der Waals surface area (Å²) in [4.78, 5) is 4.58. The molecular formula is C13H17FN2S. The van der Waals surface area contributed by atoms with Crippen molar-refractivity contribution in [3.8, 4) is 0 Å². The number of thioether (sulfide) groups is 1. The van der Waals surface area contributed by atoms with Gasteiger partial charge in [-0.25, -0.2) is 4.39 Å². The molecule has 1 heterocycles. The van der Waals surface area contributed by atoms with Crippen LogP contribution in [0.1, 0.15) is 19.4 Å². The van der Waals surface area contributed by atoms with E-state index < -0.39 is 0 Å². The smallest absolute Gasteiger partial charge is 0.161 e. The minimum absolute atomic E-state index is 0.183. The minimum Gasteiger partial charge on any atom is -0.335 e. The number of aliphatic imine (C=N–C) groups is 1. The molecule has 0 bridgehead atoms. The third kappa shape index (κ3) is 2.80. The summed E-state index contributed by atoms with van der Waals surface area (Å²) in [5.74, 6) is 1.47. The van der Waals surface area contributed by atoms with Gasteiger partial charge in [-0.1, -0.05) is 24.8 Å². The fraction of sp³-hybridized carbons (Fsp3) is 0.462. The van der Waals surface area contributed by atoms with Gasteiger partial charge in [-0.05, 0) is 31.9 Å². The van der Waals surface area contributed by atoms with Gasteiger partial charge in [-0.2, -0.15) is 0 Å². The van der Waals surface area contributed by atoms with Gasteiger partial charge >= 0.3 is 0 Å². The van der Waals surface area contributed by atoms with Crippen LogP contribution in [0.5, 0.6) is 0 Å². The molecule has 1 aliphatic heterocycles. The Hall–Kier alpha value is -1.03. The van der Waals surface area contributed by atoms with Crippen molar-refractivity contribution in [3.63, 3.8) is 0 Å². The Kier molecular flexibility index (Phi) is 3.72. The largest absolute Gasteiger partial charge is 0.335 e. The number of benzene rings is 1. The highest BCUT2D eigenvalue weighted by Gasteiger charge is 2.19. The number of amidine groups is 1. The lowest BCUT2D eigenvalue weighted by Gasteiger charge is -2.24. The third-order valence-electron chi connectivity index (χ3n) is 3.14. The van der Waals surface area contributed by atoms with Crippen molar-refractivity contribution in [2.24, 2.45) is 10.9 Å². The van der Waals surface area contributed by atoms with Gasteiger partial charge in [0.05, 0.1) is 6.04 Å². The molecule has 17 heavy (non-hydrogen) atoms. The second-order valence-corrected chi connectivity index (χ2v) is 5.51. The summed E-state index contributed by atoms with van der Waals surface area (Å²) in [5, 5.41) is 4.11. The maximum atomic E-state index is 13.4. The fourth-order valence-corrected chi connectivity index (χ4v) is 2.75. The van der Waals surface area contributed by atoms with E-state index in [-0.39, 0.29) is 5.82 Å². The molecule has 4 heteroatoms. The van der Waals surface area contributed by atoms with E-state index in [2.05, 4.69) is 24.2 Å². The van der Waals surface area contributed by atoms with Crippen LogP contribution < -0.4 is 5.32 Å². The standard InChI is InChI=1S/C13H17FN2S/c1-8-7-17-13(15-10(8)3)16-12-6-4-5-11(14)9(12)2/h4-6,8,10H,7H2,1-3H3,(H,15,16). The summed E-state index contributed by atoms with van der Waals surface area (Å²) in [6.07, 6.45) is 0. The molecule has 0 aliphatic carbocycles. The van der Waals surface area contributed by atoms with Crippen molar-refractivity contribution in [1.82, 2.24) is 0 Å². The summed E-state index contributed by atoms with van der Waals surface area (Å²) in [5.41, 5.74) is 1.44. The van der Waals surface area contributed by atoms with Gasteiger partial charge in [-0.15, -0.1) is 0 Å². The molecule has 0 aromatic heterocycles. The van der Waals surface area contributed by atoms with Crippen LogP contribution in [0.25, 0.3) is 0 Å². The second kappa shape index (κ2) is 5.08. The predicted molar refractivity (Wildman–Crippen MR) is 73.3 cm³/mol. The molecule has 92 valence electrons. The molecule has 2 unspecified atom stereocenters. The Balaban J connectivity index is 2.16. The second-order valence-electron chi connectivity index (χ2n) is 4.50. The van der Waals surface area contributed by atoms with Crippen molar-refractivity contribution >= 4 is 22.6 Å². The SMILES string of the molecule is Cc1c(F)cccc1NC1=NC(C)C(C)CS1. The lowest BCUT2D eigenvalue weighted by molar-refractivity contribution is 0.537. The van der Waals surface area contributed by atoms with Gasteiger partial charge in [0.25, 0.3) is 0 Å². The average Bonchev–Trinajstić information content (AvgIpc) is 2.30. The van der Waals surface area contributed by atoms with E-state index in [1.165, 1.54) is 6.07 Å². The van der Waals surface area contributed by atoms with Crippen LogP contribution in [-0.2, 0) is 0 Å². The molecule has 2 rings (SSSR count). The van der Waals surface area contributed by atoms with E-state index >= 15 is 0 Å². The fourth-order valence-electron chi connectivity index (χ4n) is 1.63. The molecule has 2 atom stereocenters. The lowest BCUT2D eigenvalue weighted by atomic mass is 10.1. The molecular weight excluding hydrogens is 235 g/mol. The number of nitrogens with zero attached hydrogens (tertiary/aromatic N) is 1. The van der Waals surface area contributed by atoms with Gasteiger partial charge < -0.3 is 5.32 Å². The third-order valence-corrected chi connectivity index (χ3v) is 4.31. The number of nitrogens with one attached hydrogen (secondary N) is 1. The van der Waals surface area contributed by atoms with Gasteiger partial charge in [0.2, 0.25) is 0 Å². The highest BCUT2D eigenvalue weighted by atomic mass is 32.2. The van der Waals surface area contributed by atoms with Crippen LogP contribution in [-0.4, -0.2) is 17.0 Å². The molecule has 0 saturated heterocycles. The zero-order chi connectivity index (χ0) is 12.4. The summed E-state index contributed by atoms with van der Waals surface area (Å²) in [6, 6.07) is 5.39. The molecule has 1 N–H and O–H groups in total. The zero-order valence-electron chi connectivity index (χ0n) is 10.3. The number of hydrogen-bond donors (Lipinski definition) is 1. The van der Waals surface area contributed by atoms with Crippen molar-refractivity contribution in [2.45, 2.75) is 26.8 Å². The highest BCUT2D eigenvalue weighted by molar-refractivity contribution is 8.14. The summed E-state index contributed by atoms with van der Waals surface area (Å²) in [6.45, 7) is 6.09. The molecule has 1 aliphatic rings. The Morgan fingerprint density at radius 1 is 1.41 bits per heavy atom. The number of halogens is 1. The molecule has 2 nitrogen and oxygen atoms in total. The van der Waals surface area contributed by atoms with Crippen molar-refractivity contribution in [2.75, 3.05) is 11.1 Å². The van der Waals surface area contributed by atoms with E-state index in [4.69, 9.17) is 0 Å². The summed E-state index contributed by atoms with van der Waals surface area (Å²) in [7, 11) is 0. The van der Waals surface area contributed by atoms with Crippen LogP contribution in [0.2, 0.25) is 0 Å². The Morgan fingerprint density at radius 3 is 2.88 bits per heavy atom. The van der Waals surface area contributed by atoms with E-state index in [1.807, 2.05) is 6.07 Å². The first-order valence-electron chi connectivity index (χ1n) is 5.80. The first-order chi connectivity index (χ1) is 8.08. The van der Waals surface area contributed by atoms with Crippen LogP contribution in [0.4, 0.5) is 10.1 Å². The van der Waals surface area contributed by atoms with Crippen LogP contribution in [0.3, 0.4) is 0 Å². The van der Waals surface area contributed by atoms with E-state index in [1.54, 1.807) is 24.8 Å². The van der Waals surface area contributed by atoms with E-state index in [9.17, 15) is 4.39 Å². The quantitative estimate of drug-likeness (QED) is 0.824. The van der Waals surface area contributed by atoms with Crippen LogP contribution >= 0.6 is 11.8 Å². The molecule has 0 radical (unpaired) electrons. The minimum atomic E-state index is -0.183. The van der Waals surface area contributed by atoms with Crippen molar-refractivity contribution in [3.05, 3.63) is 29.6 Å². The van der Waals surface area contributed by atoms with E-state index in [0.717, 1.165) is 16.6 Å². The number of anilines is 1. The normalized spacial score (nSPS) is 24.4. The predicted octanol–water partition coefficient (Wildman–Crippen LogP) is 3.67. The molecule has 0 fully saturated rings. The zero-order valence-corrected chi connectivity index (χ0v) is 11.1.